The van der Waals surface area contributed by atoms with E-state index in [2.05, 4.69) is 9.97 Å². The standard InChI is InChI=1S/C28H23N3O7/c1-3-38-19-11-6-16(7-12-19)24(32)22-23(15-4-9-18(37-2)10-5-15)31(26(34)25(22)33)28-29-20-13-8-17(27(35)36)14-21(20)30-28/h4-14,23,32H,3H2,1-2H3,(H,29,30)(H,35,36)/b24-22+. The first-order chi connectivity index (χ1) is 18.3. The molecule has 192 valence electrons. The van der Waals surface area contributed by atoms with Crippen molar-refractivity contribution in [3.8, 4) is 11.5 Å². The van der Waals surface area contributed by atoms with E-state index in [1.165, 1.54) is 30.2 Å². The quantitative estimate of drug-likeness (QED) is 0.189. The van der Waals surface area contributed by atoms with Crippen molar-refractivity contribution in [1.82, 2.24) is 9.97 Å². The number of fused-ring (bicyclic) bond motifs is 1. The molecule has 5 rings (SSSR count). The third-order valence-corrected chi connectivity index (χ3v) is 6.26. The molecule has 1 unspecified atom stereocenters. The Balaban J connectivity index is 1.67. The zero-order chi connectivity index (χ0) is 27.0. The Morgan fingerprint density at radius 3 is 2.26 bits per heavy atom. The van der Waals surface area contributed by atoms with Gasteiger partial charge in [-0.3, -0.25) is 14.5 Å². The number of carbonyl (C=O) groups is 3. The molecule has 1 saturated heterocycles. The predicted octanol–water partition coefficient (Wildman–Crippen LogP) is 4.29. The van der Waals surface area contributed by atoms with Crippen molar-refractivity contribution in [2.24, 2.45) is 0 Å². The summed E-state index contributed by atoms with van der Waals surface area (Å²) in [6, 6.07) is 16.6. The molecular weight excluding hydrogens is 490 g/mol. The van der Waals surface area contributed by atoms with Crippen molar-refractivity contribution in [2.45, 2.75) is 13.0 Å². The van der Waals surface area contributed by atoms with Gasteiger partial charge in [-0.1, -0.05) is 12.1 Å². The molecule has 1 amide bonds. The minimum absolute atomic E-state index is 0.0381. The van der Waals surface area contributed by atoms with Crippen LogP contribution in [0.2, 0.25) is 0 Å². The highest BCUT2D eigenvalue weighted by Gasteiger charge is 2.48. The fraction of sp³-hybridized carbons (Fsp3) is 0.143. The van der Waals surface area contributed by atoms with E-state index in [4.69, 9.17) is 9.47 Å². The summed E-state index contributed by atoms with van der Waals surface area (Å²) in [4.78, 5) is 46.7. The minimum Gasteiger partial charge on any atom is -0.507 e. The van der Waals surface area contributed by atoms with E-state index >= 15 is 0 Å². The largest absolute Gasteiger partial charge is 0.507 e. The van der Waals surface area contributed by atoms with Crippen LogP contribution < -0.4 is 14.4 Å². The number of aromatic amines is 1. The number of ether oxygens (including phenoxy) is 2. The number of hydrogen-bond donors (Lipinski definition) is 3. The summed E-state index contributed by atoms with van der Waals surface area (Å²) in [5.41, 5.74) is 1.58. The molecule has 2 heterocycles. The van der Waals surface area contributed by atoms with Crippen LogP contribution in [0.4, 0.5) is 5.95 Å². The molecule has 10 nitrogen and oxygen atoms in total. The smallest absolute Gasteiger partial charge is 0.335 e. The average Bonchev–Trinajstić information content (AvgIpc) is 3.46. The van der Waals surface area contributed by atoms with Gasteiger partial charge in [0.25, 0.3) is 5.78 Å². The van der Waals surface area contributed by atoms with Crippen molar-refractivity contribution in [2.75, 3.05) is 18.6 Å². The van der Waals surface area contributed by atoms with Crippen LogP contribution in [0.1, 0.15) is 34.5 Å². The summed E-state index contributed by atoms with van der Waals surface area (Å²) in [7, 11) is 1.52. The van der Waals surface area contributed by atoms with Crippen LogP contribution in [-0.2, 0) is 9.59 Å². The number of rotatable bonds is 7. The first-order valence-corrected chi connectivity index (χ1v) is 11.7. The second-order valence-corrected chi connectivity index (χ2v) is 8.50. The van der Waals surface area contributed by atoms with E-state index in [9.17, 15) is 24.6 Å². The molecule has 3 N–H and O–H groups in total. The zero-order valence-corrected chi connectivity index (χ0v) is 20.5. The van der Waals surface area contributed by atoms with E-state index in [-0.39, 0.29) is 22.8 Å². The molecule has 0 bridgehead atoms. The number of hydrogen-bond acceptors (Lipinski definition) is 7. The maximum absolute atomic E-state index is 13.4. The number of ketones is 1. The molecule has 10 heteroatoms. The van der Waals surface area contributed by atoms with E-state index in [0.29, 0.717) is 40.3 Å². The molecule has 1 aromatic heterocycles. The van der Waals surface area contributed by atoms with Gasteiger partial charge in [0.05, 0.1) is 41.9 Å². The lowest BCUT2D eigenvalue weighted by molar-refractivity contribution is -0.132. The number of methoxy groups -OCH3 is 1. The van der Waals surface area contributed by atoms with E-state index in [1.807, 2.05) is 6.92 Å². The monoisotopic (exact) mass is 513 g/mol. The molecule has 0 spiro atoms. The van der Waals surface area contributed by atoms with Crippen LogP contribution in [0.15, 0.2) is 72.3 Å². The number of aromatic carboxylic acids is 1. The van der Waals surface area contributed by atoms with Gasteiger partial charge >= 0.3 is 11.9 Å². The number of anilines is 1. The van der Waals surface area contributed by atoms with Gasteiger partial charge in [-0.2, -0.15) is 0 Å². The second kappa shape index (κ2) is 9.74. The topological polar surface area (TPSA) is 142 Å². The highest BCUT2D eigenvalue weighted by Crippen LogP contribution is 2.42. The first kappa shape index (κ1) is 24.6. The molecule has 1 aliphatic rings. The SMILES string of the molecule is CCOc1ccc(/C(O)=C2\C(=O)C(=O)N(c3nc4ccc(C(=O)O)cc4[nH]3)C2c2ccc(OC)cc2)cc1. The molecule has 1 fully saturated rings. The average molecular weight is 514 g/mol. The number of aliphatic hydroxyl groups excluding tert-OH is 1. The lowest BCUT2D eigenvalue weighted by Crippen LogP contribution is -2.30. The van der Waals surface area contributed by atoms with Crippen molar-refractivity contribution < 1.29 is 34.1 Å². The summed E-state index contributed by atoms with van der Waals surface area (Å²) in [5.74, 6) is -2.03. The minimum atomic E-state index is -1.11. The van der Waals surface area contributed by atoms with Gasteiger partial charge in [0.1, 0.15) is 17.3 Å². The van der Waals surface area contributed by atoms with Gasteiger partial charge in [0.2, 0.25) is 5.95 Å². The number of benzene rings is 3. The number of nitrogens with zero attached hydrogens (tertiary/aromatic N) is 2. The molecule has 0 saturated carbocycles. The van der Waals surface area contributed by atoms with Crippen LogP contribution in [0, 0.1) is 0 Å². The second-order valence-electron chi connectivity index (χ2n) is 8.50. The lowest BCUT2D eigenvalue weighted by Gasteiger charge is -2.23. The molecule has 0 radical (unpaired) electrons. The number of amides is 1. The van der Waals surface area contributed by atoms with Gasteiger partial charge in [0.15, 0.2) is 0 Å². The number of H-pyrrole nitrogens is 1. The summed E-state index contributed by atoms with van der Waals surface area (Å²) in [6.45, 7) is 2.32. The van der Waals surface area contributed by atoms with Crippen LogP contribution in [0.5, 0.6) is 11.5 Å². The van der Waals surface area contributed by atoms with E-state index < -0.39 is 23.7 Å². The molecule has 1 atom stereocenters. The Morgan fingerprint density at radius 1 is 0.974 bits per heavy atom. The van der Waals surface area contributed by atoms with Crippen molar-refractivity contribution in [3.63, 3.8) is 0 Å². The van der Waals surface area contributed by atoms with E-state index in [1.54, 1.807) is 48.5 Å². The summed E-state index contributed by atoms with van der Waals surface area (Å²) in [6.07, 6.45) is 0. The van der Waals surface area contributed by atoms with Crippen LogP contribution >= 0.6 is 0 Å². The number of aromatic nitrogens is 2. The van der Waals surface area contributed by atoms with Gasteiger partial charge in [-0.25, -0.2) is 9.78 Å². The fourth-order valence-electron chi connectivity index (χ4n) is 4.43. The van der Waals surface area contributed by atoms with Crippen molar-refractivity contribution in [3.05, 3.63) is 89.0 Å². The number of carboxylic acids is 1. The van der Waals surface area contributed by atoms with Crippen LogP contribution in [0.3, 0.4) is 0 Å². The zero-order valence-electron chi connectivity index (χ0n) is 20.5. The third kappa shape index (κ3) is 4.21. The maximum atomic E-state index is 13.4. The van der Waals surface area contributed by atoms with Crippen molar-refractivity contribution >= 4 is 40.4 Å². The molecular formula is C28H23N3O7. The summed E-state index contributed by atoms with van der Waals surface area (Å²) in [5, 5.41) is 20.6. The van der Waals surface area contributed by atoms with Gasteiger partial charge < -0.3 is 24.7 Å². The number of imidazole rings is 1. The first-order valence-electron chi connectivity index (χ1n) is 11.7. The maximum Gasteiger partial charge on any atom is 0.335 e. The van der Waals surface area contributed by atoms with Gasteiger partial charge in [-0.15, -0.1) is 0 Å². The Kier molecular flexibility index (Phi) is 6.29. The van der Waals surface area contributed by atoms with Crippen molar-refractivity contribution in [1.29, 1.82) is 0 Å². The molecule has 4 aromatic rings. The number of carbonyl (C=O) groups excluding carboxylic acids is 2. The Hall–Kier alpha value is -5.12. The number of nitrogens with one attached hydrogen (secondary N) is 1. The van der Waals surface area contributed by atoms with Crippen LogP contribution in [-0.4, -0.2) is 51.6 Å². The lowest BCUT2D eigenvalue weighted by atomic mass is 9.95. The Bertz CT molecular complexity index is 1590. The predicted molar refractivity (Wildman–Crippen MR) is 138 cm³/mol. The normalized spacial score (nSPS) is 16.7. The molecule has 3 aromatic carbocycles. The third-order valence-electron chi connectivity index (χ3n) is 6.26. The van der Waals surface area contributed by atoms with Gasteiger partial charge in [-0.05, 0) is 67.1 Å². The Morgan fingerprint density at radius 2 is 1.63 bits per heavy atom. The fourth-order valence-corrected chi connectivity index (χ4v) is 4.43. The number of aliphatic hydroxyl groups is 1. The molecule has 1 aliphatic heterocycles. The summed E-state index contributed by atoms with van der Waals surface area (Å²) < 4.78 is 10.7. The highest BCUT2D eigenvalue weighted by atomic mass is 16.5. The number of Topliss-reactive ketones (excluding diaryl/α,β-unsaturated/α-hetero) is 1. The summed E-state index contributed by atoms with van der Waals surface area (Å²) >= 11 is 0. The number of carboxylic acid groups (broad SMARTS) is 1. The Labute approximate surface area is 216 Å². The highest BCUT2D eigenvalue weighted by molar-refractivity contribution is 6.51. The molecule has 38 heavy (non-hydrogen) atoms. The van der Waals surface area contributed by atoms with E-state index in [0.717, 1.165) is 0 Å². The van der Waals surface area contributed by atoms with Gasteiger partial charge in [0, 0.05) is 5.56 Å². The van der Waals surface area contributed by atoms with Crippen LogP contribution in [0.25, 0.3) is 16.8 Å². The molecule has 0 aliphatic carbocycles.